The summed E-state index contributed by atoms with van der Waals surface area (Å²) in [7, 11) is 0. The van der Waals surface area contributed by atoms with Gasteiger partial charge in [0, 0.05) is 38.4 Å². The van der Waals surface area contributed by atoms with Crippen molar-refractivity contribution >= 4 is 5.91 Å². The number of aliphatic hydroxyl groups is 1. The Kier molecular flexibility index (Phi) is 6.86. The number of ether oxygens (including phenoxy) is 2. The Bertz CT molecular complexity index is 754. The number of aliphatic hydroxyl groups excluding tert-OH is 1. The molecule has 0 aromatic heterocycles. The molecule has 2 aliphatic heterocycles. The summed E-state index contributed by atoms with van der Waals surface area (Å²) in [6.07, 6.45) is -1.13. The summed E-state index contributed by atoms with van der Waals surface area (Å²) in [6.45, 7) is 0.690. The first-order valence-electron chi connectivity index (χ1n) is 10.9. The molecule has 172 valence electrons. The molecule has 31 heavy (non-hydrogen) atoms. The molecule has 0 spiro atoms. The summed E-state index contributed by atoms with van der Waals surface area (Å²) < 4.78 is 51.3. The van der Waals surface area contributed by atoms with Crippen molar-refractivity contribution in [2.24, 2.45) is 0 Å². The smallest absolute Gasteiger partial charge is 0.248 e. The minimum Gasteiger partial charge on any atom is -0.388 e. The average Bonchev–Trinajstić information content (AvgIpc) is 3.25. The predicted octanol–water partition coefficient (Wildman–Crippen LogP) is 2.29. The molecule has 4 rings (SSSR count). The quantitative estimate of drug-likeness (QED) is 0.604. The van der Waals surface area contributed by atoms with Gasteiger partial charge in [0.25, 0.3) is 0 Å². The van der Waals surface area contributed by atoms with Crippen LogP contribution < -0.4 is 10.6 Å². The molecule has 5 unspecified atom stereocenters. The third-order valence-corrected chi connectivity index (χ3v) is 6.42. The third-order valence-electron chi connectivity index (χ3n) is 6.42. The first kappa shape index (κ1) is 22.5. The van der Waals surface area contributed by atoms with E-state index in [-0.39, 0.29) is 49.2 Å². The molecule has 9 heteroatoms. The number of alkyl halides is 2. The van der Waals surface area contributed by atoms with Gasteiger partial charge < -0.3 is 25.2 Å². The number of carbonyl (C=O) groups is 1. The van der Waals surface area contributed by atoms with Gasteiger partial charge in [-0.2, -0.15) is 0 Å². The van der Waals surface area contributed by atoms with Gasteiger partial charge in [0.2, 0.25) is 11.8 Å². The fraction of sp³-hybridized carbons (Fsp3) is 0.682. The number of benzene rings is 1. The molecule has 2 heterocycles. The molecule has 0 bridgehead atoms. The van der Waals surface area contributed by atoms with Crippen LogP contribution in [0.25, 0.3) is 0 Å². The molecule has 0 radical (unpaired) electrons. The second-order valence-electron chi connectivity index (χ2n) is 8.81. The lowest BCUT2D eigenvalue weighted by molar-refractivity contribution is -0.124. The maximum absolute atomic E-state index is 13.3. The second-order valence-corrected chi connectivity index (χ2v) is 8.81. The summed E-state index contributed by atoms with van der Waals surface area (Å²) in [6, 6.07) is 5.92. The van der Waals surface area contributed by atoms with Gasteiger partial charge in [0.15, 0.2) is 0 Å². The standard InChI is InChI=1S/C22H29F3N2O4/c23-14-3-1-13(2-4-14)11-27-19(28)10-16-9-17-21(30-16)20(29)18(31-17)12-26-15-5-7-22(24,25)8-6-15/h1-4,15-18,20-21,26,29H,5-12H2,(H,27,28). The molecule has 3 N–H and O–H groups in total. The van der Waals surface area contributed by atoms with Crippen LogP contribution in [0.15, 0.2) is 24.3 Å². The van der Waals surface area contributed by atoms with Crippen LogP contribution >= 0.6 is 0 Å². The Balaban J connectivity index is 1.17. The van der Waals surface area contributed by atoms with E-state index in [0.717, 1.165) is 5.56 Å². The van der Waals surface area contributed by atoms with Gasteiger partial charge in [-0.1, -0.05) is 12.1 Å². The van der Waals surface area contributed by atoms with Crippen LogP contribution in [0.5, 0.6) is 0 Å². The highest BCUT2D eigenvalue weighted by molar-refractivity contribution is 5.76. The zero-order valence-corrected chi connectivity index (χ0v) is 17.2. The van der Waals surface area contributed by atoms with Crippen molar-refractivity contribution in [3.05, 3.63) is 35.6 Å². The summed E-state index contributed by atoms with van der Waals surface area (Å²) in [4.78, 5) is 12.2. The Morgan fingerprint density at radius 2 is 1.87 bits per heavy atom. The van der Waals surface area contributed by atoms with Crippen LogP contribution in [0.2, 0.25) is 0 Å². The van der Waals surface area contributed by atoms with Crippen molar-refractivity contribution in [2.75, 3.05) is 6.54 Å². The Labute approximate surface area is 179 Å². The lowest BCUT2D eigenvalue weighted by atomic mass is 9.92. The highest BCUT2D eigenvalue weighted by atomic mass is 19.3. The minimum atomic E-state index is -2.56. The molecule has 1 aromatic rings. The summed E-state index contributed by atoms with van der Waals surface area (Å²) in [5, 5.41) is 16.6. The van der Waals surface area contributed by atoms with Crippen molar-refractivity contribution in [3.63, 3.8) is 0 Å². The maximum atomic E-state index is 13.3. The number of fused-ring (bicyclic) bond motifs is 1. The van der Waals surface area contributed by atoms with E-state index in [1.807, 2.05) is 0 Å². The van der Waals surface area contributed by atoms with Gasteiger partial charge in [-0.15, -0.1) is 0 Å². The topological polar surface area (TPSA) is 79.8 Å². The molecule has 2 saturated heterocycles. The maximum Gasteiger partial charge on any atom is 0.248 e. The Morgan fingerprint density at radius 3 is 2.55 bits per heavy atom. The highest BCUT2D eigenvalue weighted by Crippen LogP contribution is 2.36. The van der Waals surface area contributed by atoms with Crippen molar-refractivity contribution < 1.29 is 32.5 Å². The molecule has 5 atom stereocenters. The largest absolute Gasteiger partial charge is 0.388 e. The number of amides is 1. The molecule has 1 aromatic carbocycles. The van der Waals surface area contributed by atoms with Crippen LogP contribution in [-0.4, -0.2) is 60.0 Å². The number of nitrogens with one attached hydrogen (secondary N) is 2. The molecule has 1 amide bonds. The van der Waals surface area contributed by atoms with E-state index in [4.69, 9.17) is 9.47 Å². The Morgan fingerprint density at radius 1 is 1.16 bits per heavy atom. The molecular weight excluding hydrogens is 413 g/mol. The summed E-state index contributed by atoms with van der Waals surface area (Å²) >= 11 is 0. The van der Waals surface area contributed by atoms with Gasteiger partial charge in [0.05, 0.1) is 24.7 Å². The SMILES string of the molecule is O=C(CC1CC2OC(CNC3CCC(F)(F)CC3)C(O)C2O1)NCc1ccc(F)cc1. The molecule has 1 saturated carbocycles. The van der Waals surface area contributed by atoms with E-state index < -0.39 is 24.2 Å². The minimum absolute atomic E-state index is 0.00864. The van der Waals surface area contributed by atoms with E-state index in [0.29, 0.717) is 32.4 Å². The lowest BCUT2D eigenvalue weighted by Crippen LogP contribution is -2.44. The molecule has 3 aliphatic rings. The van der Waals surface area contributed by atoms with Crippen molar-refractivity contribution in [3.8, 4) is 0 Å². The van der Waals surface area contributed by atoms with Gasteiger partial charge in [0.1, 0.15) is 18.0 Å². The fourth-order valence-electron chi connectivity index (χ4n) is 4.62. The monoisotopic (exact) mass is 442 g/mol. The van der Waals surface area contributed by atoms with E-state index in [1.54, 1.807) is 12.1 Å². The molecule has 1 aliphatic carbocycles. The number of hydrogen-bond acceptors (Lipinski definition) is 5. The van der Waals surface area contributed by atoms with E-state index >= 15 is 0 Å². The predicted molar refractivity (Wildman–Crippen MR) is 106 cm³/mol. The third kappa shape index (κ3) is 5.77. The van der Waals surface area contributed by atoms with Crippen LogP contribution in [0, 0.1) is 5.82 Å². The van der Waals surface area contributed by atoms with Crippen LogP contribution in [0.3, 0.4) is 0 Å². The average molecular weight is 442 g/mol. The fourth-order valence-corrected chi connectivity index (χ4v) is 4.62. The van der Waals surface area contributed by atoms with Crippen molar-refractivity contribution in [1.29, 1.82) is 0 Å². The second kappa shape index (κ2) is 9.44. The van der Waals surface area contributed by atoms with Crippen LogP contribution in [0.1, 0.15) is 44.1 Å². The number of carbonyl (C=O) groups excluding carboxylic acids is 1. The highest BCUT2D eigenvalue weighted by Gasteiger charge is 2.50. The van der Waals surface area contributed by atoms with Gasteiger partial charge in [-0.3, -0.25) is 4.79 Å². The van der Waals surface area contributed by atoms with Gasteiger partial charge in [-0.25, -0.2) is 13.2 Å². The number of rotatable bonds is 7. The van der Waals surface area contributed by atoms with Crippen molar-refractivity contribution in [2.45, 2.75) is 87.6 Å². The van der Waals surface area contributed by atoms with Crippen LogP contribution in [0.4, 0.5) is 13.2 Å². The van der Waals surface area contributed by atoms with Crippen LogP contribution in [-0.2, 0) is 20.8 Å². The van der Waals surface area contributed by atoms with E-state index in [1.165, 1.54) is 12.1 Å². The summed E-state index contributed by atoms with van der Waals surface area (Å²) in [5.74, 6) is -3.07. The molecule has 6 nitrogen and oxygen atoms in total. The summed E-state index contributed by atoms with van der Waals surface area (Å²) in [5.41, 5.74) is 0.801. The Hall–Kier alpha value is -1.68. The first-order valence-corrected chi connectivity index (χ1v) is 10.9. The molecular formula is C22H29F3N2O4. The van der Waals surface area contributed by atoms with Gasteiger partial charge >= 0.3 is 0 Å². The normalized spacial score (nSPS) is 32.7. The lowest BCUT2D eigenvalue weighted by Gasteiger charge is -2.30. The van der Waals surface area contributed by atoms with E-state index in [2.05, 4.69) is 10.6 Å². The number of halogens is 3. The van der Waals surface area contributed by atoms with E-state index in [9.17, 15) is 23.1 Å². The zero-order chi connectivity index (χ0) is 22.0. The molecule has 3 fully saturated rings. The first-order chi connectivity index (χ1) is 14.8. The number of hydrogen-bond donors (Lipinski definition) is 3. The zero-order valence-electron chi connectivity index (χ0n) is 17.2. The van der Waals surface area contributed by atoms with Crippen molar-refractivity contribution in [1.82, 2.24) is 10.6 Å². The van der Waals surface area contributed by atoms with Gasteiger partial charge in [-0.05, 0) is 30.5 Å².